The van der Waals surface area contributed by atoms with Gasteiger partial charge in [-0.3, -0.25) is 14.6 Å². The number of carbonyl (C=O) groups is 2. The van der Waals surface area contributed by atoms with Crippen LogP contribution in [0.5, 0.6) is 0 Å². The van der Waals surface area contributed by atoms with E-state index in [4.69, 9.17) is 0 Å². The molecule has 1 aromatic carbocycles. The Morgan fingerprint density at radius 2 is 2.04 bits per heavy atom. The zero-order valence-electron chi connectivity index (χ0n) is 15.1. The lowest BCUT2D eigenvalue weighted by Gasteiger charge is -2.41. The van der Waals surface area contributed by atoms with Crippen molar-refractivity contribution in [3.05, 3.63) is 42.1 Å². The summed E-state index contributed by atoms with van der Waals surface area (Å²) in [7, 11) is 0. The maximum atomic E-state index is 12.6. The summed E-state index contributed by atoms with van der Waals surface area (Å²) in [5.41, 5.74) is 1.46. The van der Waals surface area contributed by atoms with Gasteiger partial charge >= 0.3 is 0 Å². The fourth-order valence-electron chi connectivity index (χ4n) is 4.00. The first-order valence-electron chi connectivity index (χ1n) is 9.58. The van der Waals surface area contributed by atoms with Crippen molar-refractivity contribution in [2.45, 2.75) is 51.1 Å². The minimum atomic E-state index is -0.0616. The first-order valence-corrected chi connectivity index (χ1v) is 9.58. The van der Waals surface area contributed by atoms with Crippen LogP contribution in [0.4, 0.5) is 0 Å². The molecule has 0 radical (unpaired) electrons. The molecule has 0 bridgehead atoms. The van der Waals surface area contributed by atoms with Gasteiger partial charge in [-0.15, -0.1) is 0 Å². The Kier molecular flexibility index (Phi) is 4.62. The molecule has 4 rings (SSSR count). The Labute approximate surface area is 153 Å². The van der Waals surface area contributed by atoms with E-state index < -0.39 is 0 Å². The molecule has 2 fully saturated rings. The fourth-order valence-corrected chi connectivity index (χ4v) is 4.00. The van der Waals surface area contributed by atoms with Gasteiger partial charge in [0.2, 0.25) is 5.91 Å². The van der Waals surface area contributed by atoms with E-state index in [-0.39, 0.29) is 23.9 Å². The van der Waals surface area contributed by atoms with Crippen LogP contribution >= 0.6 is 0 Å². The number of aromatic nitrogens is 1. The van der Waals surface area contributed by atoms with E-state index in [1.54, 1.807) is 6.20 Å². The quantitative estimate of drug-likeness (QED) is 0.924. The Hall–Kier alpha value is -2.43. The summed E-state index contributed by atoms with van der Waals surface area (Å²) in [5, 5.41) is 4.17. The van der Waals surface area contributed by atoms with E-state index in [2.05, 4.69) is 17.2 Å². The monoisotopic (exact) mass is 351 g/mol. The maximum Gasteiger partial charge on any atom is 0.251 e. The van der Waals surface area contributed by atoms with Crippen LogP contribution in [0.3, 0.4) is 0 Å². The summed E-state index contributed by atoms with van der Waals surface area (Å²) in [6.45, 7) is 2.83. The SMILES string of the molecule is CC1CC(NC(=O)c2ccc3cccnc3c2)CCN1C(=O)C1CCC1. The van der Waals surface area contributed by atoms with Gasteiger partial charge in [-0.1, -0.05) is 18.6 Å². The number of piperidine rings is 1. The number of hydrogen-bond acceptors (Lipinski definition) is 3. The van der Waals surface area contributed by atoms with Gasteiger partial charge in [-0.25, -0.2) is 0 Å². The molecule has 26 heavy (non-hydrogen) atoms. The second kappa shape index (κ2) is 7.06. The van der Waals surface area contributed by atoms with Crippen molar-refractivity contribution in [2.75, 3.05) is 6.54 Å². The molecule has 2 aromatic rings. The molecule has 2 amide bonds. The highest BCUT2D eigenvalue weighted by atomic mass is 16.2. The molecule has 0 spiro atoms. The number of rotatable bonds is 3. The molecular weight excluding hydrogens is 326 g/mol. The number of likely N-dealkylation sites (tertiary alicyclic amines) is 1. The van der Waals surface area contributed by atoms with Crippen molar-refractivity contribution in [1.29, 1.82) is 0 Å². The standard InChI is InChI=1S/C21H25N3O2/c1-14-12-18(9-11-24(14)21(26)16-4-2-5-16)23-20(25)17-8-7-15-6-3-10-22-19(15)13-17/h3,6-8,10,13-14,16,18H,2,4-5,9,11-12H2,1H3,(H,23,25). The van der Waals surface area contributed by atoms with Crippen molar-refractivity contribution in [3.8, 4) is 0 Å². The number of carbonyl (C=O) groups excluding carboxylic acids is 2. The number of benzene rings is 1. The van der Waals surface area contributed by atoms with Gasteiger partial charge in [0.25, 0.3) is 5.91 Å². The lowest BCUT2D eigenvalue weighted by atomic mass is 9.83. The lowest BCUT2D eigenvalue weighted by molar-refractivity contribution is -0.141. The predicted octanol–water partition coefficient (Wildman–Crippen LogP) is 3.14. The van der Waals surface area contributed by atoms with Gasteiger partial charge in [0, 0.05) is 41.7 Å². The van der Waals surface area contributed by atoms with E-state index in [0.717, 1.165) is 43.1 Å². The van der Waals surface area contributed by atoms with Crippen molar-refractivity contribution in [2.24, 2.45) is 5.92 Å². The fraction of sp³-hybridized carbons (Fsp3) is 0.476. The van der Waals surface area contributed by atoms with E-state index in [0.29, 0.717) is 11.5 Å². The van der Waals surface area contributed by atoms with Crippen LogP contribution in [-0.2, 0) is 4.79 Å². The summed E-state index contributed by atoms with van der Waals surface area (Å²) in [6, 6.07) is 9.78. The predicted molar refractivity (Wildman–Crippen MR) is 101 cm³/mol. The molecule has 2 unspecified atom stereocenters. The van der Waals surface area contributed by atoms with Crippen LogP contribution in [-0.4, -0.2) is 40.3 Å². The highest BCUT2D eigenvalue weighted by Crippen LogP contribution is 2.30. The van der Waals surface area contributed by atoms with Crippen LogP contribution in [0.25, 0.3) is 10.9 Å². The largest absolute Gasteiger partial charge is 0.349 e. The summed E-state index contributed by atoms with van der Waals surface area (Å²) in [6.07, 6.45) is 6.63. The van der Waals surface area contributed by atoms with Crippen LogP contribution in [0, 0.1) is 5.92 Å². The van der Waals surface area contributed by atoms with Gasteiger partial charge < -0.3 is 10.2 Å². The van der Waals surface area contributed by atoms with Crippen LogP contribution in [0.15, 0.2) is 36.5 Å². The zero-order chi connectivity index (χ0) is 18.1. The Bertz CT molecular complexity index is 831. The highest BCUT2D eigenvalue weighted by Gasteiger charge is 2.35. The normalized spacial score (nSPS) is 23.5. The van der Waals surface area contributed by atoms with Crippen molar-refractivity contribution in [1.82, 2.24) is 15.2 Å². The topological polar surface area (TPSA) is 62.3 Å². The van der Waals surface area contributed by atoms with Crippen LogP contribution < -0.4 is 5.32 Å². The molecule has 1 aliphatic heterocycles. The lowest BCUT2D eigenvalue weighted by Crippen LogP contribution is -2.53. The molecule has 2 heterocycles. The third kappa shape index (κ3) is 3.30. The van der Waals surface area contributed by atoms with E-state index in [1.165, 1.54) is 6.42 Å². The summed E-state index contributed by atoms with van der Waals surface area (Å²) >= 11 is 0. The molecule has 5 heteroatoms. The molecule has 1 aliphatic carbocycles. The number of nitrogens with one attached hydrogen (secondary N) is 1. The molecule has 1 N–H and O–H groups in total. The van der Waals surface area contributed by atoms with Crippen LogP contribution in [0.2, 0.25) is 0 Å². The van der Waals surface area contributed by atoms with Crippen molar-refractivity contribution >= 4 is 22.7 Å². The van der Waals surface area contributed by atoms with E-state index in [1.807, 2.05) is 35.2 Å². The van der Waals surface area contributed by atoms with Crippen molar-refractivity contribution < 1.29 is 9.59 Å². The van der Waals surface area contributed by atoms with Gasteiger partial charge in [0.1, 0.15) is 0 Å². The number of nitrogens with zero attached hydrogens (tertiary/aromatic N) is 2. The van der Waals surface area contributed by atoms with Gasteiger partial charge in [-0.2, -0.15) is 0 Å². The third-order valence-electron chi connectivity index (χ3n) is 5.82. The Balaban J connectivity index is 1.38. The Morgan fingerprint density at radius 3 is 2.77 bits per heavy atom. The number of fused-ring (bicyclic) bond motifs is 1. The minimum Gasteiger partial charge on any atom is -0.349 e. The van der Waals surface area contributed by atoms with Gasteiger partial charge in [-0.05, 0) is 50.8 Å². The smallest absolute Gasteiger partial charge is 0.251 e. The molecule has 1 saturated heterocycles. The first-order chi connectivity index (χ1) is 12.6. The highest BCUT2D eigenvalue weighted by molar-refractivity contribution is 5.97. The first kappa shape index (κ1) is 17.0. The number of hydrogen-bond donors (Lipinski definition) is 1. The maximum absolute atomic E-state index is 12.6. The molecule has 2 aliphatic rings. The second-order valence-electron chi connectivity index (χ2n) is 7.61. The summed E-state index contributed by atoms with van der Waals surface area (Å²) in [4.78, 5) is 31.5. The molecule has 1 aromatic heterocycles. The molecular formula is C21H25N3O2. The summed E-state index contributed by atoms with van der Waals surface area (Å²) < 4.78 is 0. The van der Waals surface area contributed by atoms with E-state index >= 15 is 0 Å². The van der Waals surface area contributed by atoms with Crippen LogP contribution in [0.1, 0.15) is 49.4 Å². The average molecular weight is 351 g/mol. The van der Waals surface area contributed by atoms with Gasteiger partial charge in [0.05, 0.1) is 5.52 Å². The van der Waals surface area contributed by atoms with Gasteiger partial charge in [0.15, 0.2) is 0 Å². The van der Waals surface area contributed by atoms with Crippen molar-refractivity contribution in [3.63, 3.8) is 0 Å². The molecule has 2 atom stereocenters. The number of amides is 2. The zero-order valence-corrected chi connectivity index (χ0v) is 15.1. The second-order valence-corrected chi connectivity index (χ2v) is 7.61. The minimum absolute atomic E-state index is 0.0616. The Morgan fingerprint density at radius 1 is 1.19 bits per heavy atom. The molecule has 136 valence electrons. The number of pyridine rings is 1. The molecule has 1 saturated carbocycles. The average Bonchev–Trinajstić information content (AvgIpc) is 2.59. The summed E-state index contributed by atoms with van der Waals surface area (Å²) in [5.74, 6) is 0.497. The van der Waals surface area contributed by atoms with E-state index in [9.17, 15) is 9.59 Å². The third-order valence-corrected chi connectivity index (χ3v) is 5.82. The molecule has 5 nitrogen and oxygen atoms in total.